The lowest BCUT2D eigenvalue weighted by Crippen LogP contribution is -2.15. The lowest BCUT2D eigenvalue weighted by molar-refractivity contribution is 0.549. The average molecular weight is 210 g/mol. The summed E-state index contributed by atoms with van der Waals surface area (Å²) in [5.41, 5.74) is 10.9. The summed E-state index contributed by atoms with van der Waals surface area (Å²) >= 11 is 0. The van der Waals surface area contributed by atoms with Gasteiger partial charge in [-0.25, -0.2) is 0 Å². The quantitative estimate of drug-likeness (QED) is 0.666. The molecular formula is C9H18N6. The summed E-state index contributed by atoms with van der Waals surface area (Å²) in [6, 6.07) is 0. The SMILES string of the molecule is CCCC(C)CNc1nc(N)nc(N)n1. The minimum Gasteiger partial charge on any atom is -0.368 e. The topological polar surface area (TPSA) is 103 Å². The van der Waals surface area contributed by atoms with Crippen molar-refractivity contribution in [1.29, 1.82) is 0 Å². The Labute approximate surface area is 89.5 Å². The molecule has 1 aromatic heterocycles. The van der Waals surface area contributed by atoms with Crippen molar-refractivity contribution in [3.8, 4) is 0 Å². The van der Waals surface area contributed by atoms with Crippen LogP contribution >= 0.6 is 0 Å². The minimum atomic E-state index is 0.146. The van der Waals surface area contributed by atoms with Crippen molar-refractivity contribution in [1.82, 2.24) is 15.0 Å². The maximum absolute atomic E-state index is 5.44. The second-order valence-corrected chi connectivity index (χ2v) is 3.65. The fourth-order valence-corrected chi connectivity index (χ4v) is 1.35. The van der Waals surface area contributed by atoms with Crippen LogP contribution in [0.1, 0.15) is 26.7 Å². The molecule has 0 radical (unpaired) electrons. The summed E-state index contributed by atoms with van der Waals surface area (Å²) in [6.45, 7) is 5.15. The molecule has 1 unspecified atom stereocenters. The van der Waals surface area contributed by atoms with Crippen LogP contribution < -0.4 is 16.8 Å². The van der Waals surface area contributed by atoms with Gasteiger partial charge in [0.1, 0.15) is 0 Å². The number of nitrogens with zero attached hydrogens (tertiary/aromatic N) is 3. The standard InChI is InChI=1S/C9H18N6/c1-3-4-6(2)5-12-9-14-7(10)13-8(11)15-9/h6H,3-5H2,1-2H3,(H5,10,11,12,13,14,15). The first kappa shape index (κ1) is 11.5. The van der Waals surface area contributed by atoms with Gasteiger partial charge in [-0.1, -0.05) is 20.3 Å². The molecule has 0 aliphatic rings. The van der Waals surface area contributed by atoms with E-state index < -0.39 is 0 Å². The van der Waals surface area contributed by atoms with Crippen LogP contribution in [0.15, 0.2) is 0 Å². The van der Waals surface area contributed by atoms with Gasteiger partial charge in [0.2, 0.25) is 17.8 Å². The average Bonchev–Trinajstić information content (AvgIpc) is 2.14. The first-order valence-electron chi connectivity index (χ1n) is 5.12. The summed E-state index contributed by atoms with van der Waals surface area (Å²) in [5.74, 6) is 1.32. The molecule has 0 bridgehead atoms. The van der Waals surface area contributed by atoms with Crippen LogP contribution in [-0.4, -0.2) is 21.5 Å². The summed E-state index contributed by atoms with van der Waals surface area (Å²) in [5, 5.41) is 3.09. The molecule has 1 heterocycles. The number of nitrogens with two attached hydrogens (primary N) is 2. The highest BCUT2D eigenvalue weighted by Crippen LogP contribution is 2.08. The predicted molar refractivity (Wildman–Crippen MR) is 61.2 cm³/mol. The van der Waals surface area contributed by atoms with Gasteiger partial charge in [-0.15, -0.1) is 0 Å². The maximum Gasteiger partial charge on any atom is 0.229 e. The van der Waals surface area contributed by atoms with E-state index in [1.807, 2.05) is 0 Å². The number of nitrogen functional groups attached to an aromatic ring is 2. The van der Waals surface area contributed by atoms with E-state index in [4.69, 9.17) is 11.5 Å². The van der Waals surface area contributed by atoms with E-state index in [0.29, 0.717) is 11.9 Å². The lowest BCUT2D eigenvalue weighted by atomic mass is 10.1. The molecule has 6 heteroatoms. The van der Waals surface area contributed by atoms with E-state index >= 15 is 0 Å². The maximum atomic E-state index is 5.44. The number of anilines is 3. The Morgan fingerprint density at radius 1 is 1.20 bits per heavy atom. The summed E-state index contributed by atoms with van der Waals surface area (Å²) in [4.78, 5) is 11.6. The Bertz CT molecular complexity index is 293. The monoisotopic (exact) mass is 210 g/mol. The minimum absolute atomic E-state index is 0.146. The molecular weight excluding hydrogens is 192 g/mol. The van der Waals surface area contributed by atoms with Crippen LogP contribution in [0, 0.1) is 5.92 Å². The fraction of sp³-hybridized carbons (Fsp3) is 0.667. The van der Waals surface area contributed by atoms with Gasteiger partial charge >= 0.3 is 0 Å². The van der Waals surface area contributed by atoms with Crippen molar-refractivity contribution in [2.75, 3.05) is 23.3 Å². The van der Waals surface area contributed by atoms with Crippen molar-refractivity contribution in [3.63, 3.8) is 0 Å². The molecule has 1 rings (SSSR count). The Hall–Kier alpha value is -1.59. The first-order valence-corrected chi connectivity index (χ1v) is 5.12. The molecule has 0 fully saturated rings. The molecule has 0 saturated carbocycles. The molecule has 0 spiro atoms. The van der Waals surface area contributed by atoms with Gasteiger partial charge in [0.05, 0.1) is 0 Å². The van der Waals surface area contributed by atoms with Gasteiger partial charge in [0.15, 0.2) is 0 Å². The molecule has 0 saturated heterocycles. The van der Waals surface area contributed by atoms with Crippen LogP contribution in [0.4, 0.5) is 17.8 Å². The number of hydrogen-bond donors (Lipinski definition) is 3. The van der Waals surface area contributed by atoms with Gasteiger partial charge in [0, 0.05) is 6.54 Å². The highest BCUT2D eigenvalue weighted by molar-refractivity contribution is 5.36. The molecule has 0 aromatic carbocycles. The van der Waals surface area contributed by atoms with Crippen molar-refractivity contribution in [2.24, 2.45) is 5.92 Å². The Morgan fingerprint density at radius 2 is 1.80 bits per heavy atom. The van der Waals surface area contributed by atoms with Crippen LogP contribution in [0.3, 0.4) is 0 Å². The van der Waals surface area contributed by atoms with E-state index in [1.54, 1.807) is 0 Å². The number of hydrogen-bond acceptors (Lipinski definition) is 6. The molecule has 5 N–H and O–H groups in total. The van der Waals surface area contributed by atoms with E-state index in [-0.39, 0.29) is 11.9 Å². The van der Waals surface area contributed by atoms with Crippen LogP contribution in [0.5, 0.6) is 0 Å². The van der Waals surface area contributed by atoms with Crippen LogP contribution in [0.25, 0.3) is 0 Å². The molecule has 0 aliphatic carbocycles. The zero-order valence-electron chi connectivity index (χ0n) is 9.20. The zero-order chi connectivity index (χ0) is 11.3. The molecule has 1 aromatic rings. The van der Waals surface area contributed by atoms with Gasteiger partial charge in [-0.05, 0) is 12.3 Å². The normalized spacial score (nSPS) is 12.4. The van der Waals surface area contributed by atoms with Gasteiger partial charge in [0.25, 0.3) is 0 Å². The Morgan fingerprint density at radius 3 is 2.33 bits per heavy atom. The van der Waals surface area contributed by atoms with Crippen LogP contribution in [0.2, 0.25) is 0 Å². The third-order valence-corrected chi connectivity index (χ3v) is 2.06. The Balaban J connectivity index is 2.50. The molecule has 15 heavy (non-hydrogen) atoms. The van der Waals surface area contributed by atoms with E-state index in [9.17, 15) is 0 Å². The number of aromatic nitrogens is 3. The fourth-order valence-electron chi connectivity index (χ4n) is 1.35. The lowest BCUT2D eigenvalue weighted by Gasteiger charge is -2.11. The Kier molecular flexibility index (Phi) is 4.08. The summed E-state index contributed by atoms with van der Waals surface area (Å²) in [6.07, 6.45) is 2.34. The van der Waals surface area contributed by atoms with E-state index in [0.717, 1.165) is 6.54 Å². The van der Waals surface area contributed by atoms with Crippen molar-refractivity contribution in [2.45, 2.75) is 26.7 Å². The van der Waals surface area contributed by atoms with Crippen molar-refractivity contribution >= 4 is 17.8 Å². The molecule has 0 amide bonds. The summed E-state index contributed by atoms with van der Waals surface area (Å²) in [7, 11) is 0. The van der Waals surface area contributed by atoms with Crippen LogP contribution in [-0.2, 0) is 0 Å². The van der Waals surface area contributed by atoms with Gasteiger partial charge in [-0.2, -0.15) is 15.0 Å². The third-order valence-electron chi connectivity index (χ3n) is 2.06. The third kappa shape index (κ3) is 3.97. The van der Waals surface area contributed by atoms with Gasteiger partial charge < -0.3 is 16.8 Å². The number of rotatable bonds is 5. The second-order valence-electron chi connectivity index (χ2n) is 3.65. The molecule has 1 atom stereocenters. The predicted octanol–water partition coefficient (Wildman–Crippen LogP) is 0.884. The van der Waals surface area contributed by atoms with E-state index in [2.05, 4.69) is 34.1 Å². The van der Waals surface area contributed by atoms with E-state index in [1.165, 1.54) is 12.8 Å². The molecule has 84 valence electrons. The number of nitrogens with one attached hydrogen (secondary N) is 1. The highest BCUT2D eigenvalue weighted by atomic mass is 15.2. The zero-order valence-corrected chi connectivity index (χ0v) is 9.20. The largest absolute Gasteiger partial charge is 0.368 e. The summed E-state index contributed by atoms with van der Waals surface area (Å²) < 4.78 is 0. The molecule has 0 aliphatic heterocycles. The molecule has 6 nitrogen and oxygen atoms in total. The van der Waals surface area contributed by atoms with Crippen molar-refractivity contribution in [3.05, 3.63) is 0 Å². The highest BCUT2D eigenvalue weighted by Gasteiger charge is 2.04. The first-order chi connectivity index (χ1) is 7.11. The second kappa shape index (κ2) is 5.33. The van der Waals surface area contributed by atoms with Crippen molar-refractivity contribution < 1.29 is 0 Å². The smallest absolute Gasteiger partial charge is 0.229 e. The van der Waals surface area contributed by atoms with Gasteiger partial charge in [-0.3, -0.25) is 0 Å².